The number of aliphatic hydroxyl groups is 1. The molecule has 0 radical (unpaired) electrons. The highest BCUT2D eigenvalue weighted by Crippen LogP contribution is 2.27. The van der Waals surface area contributed by atoms with E-state index in [0.717, 1.165) is 16.7 Å². The lowest BCUT2D eigenvalue weighted by Crippen LogP contribution is -2.23. The Morgan fingerprint density at radius 1 is 1.50 bits per heavy atom. The zero-order valence-electron chi connectivity index (χ0n) is 7.69. The summed E-state index contributed by atoms with van der Waals surface area (Å²) in [4.78, 5) is 4.31. The van der Waals surface area contributed by atoms with Gasteiger partial charge in [0.15, 0.2) is 0 Å². The SMILES string of the molecule is OC1CCOC(c2cccc(Br)n2)C1. The zero-order chi connectivity index (χ0) is 9.97. The molecular formula is C10H12BrNO2. The standard InChI is InChI=1S/C10H12BrNO2/c11-10-3-1-2-8(12-10)9-6-7(13)4-5-14-9/h1-3,7,9,13H,4-6H2. The van der Waals surface area contributed by atoms with Crippen LogP contribution in [0, 0.1) is 0 Å². The van der Waals surface area contributed by atoms with Gasteiger partial charge in [-0.15, -0.1) is 0 Å². The molecular weight excluding hydrogens is 246 g/mol. The molecule has 0 bridgehead atoms. The van der Waals surface area contributed by atoms with Crippen LogP contribution in [0.1, 0.15) is 24.6 Å². The van der Waals surface area contributed by atoms with E-state index in [9.17, 15) is 5.11 Å². The second kappa shape index (κ2) is 4.38. The number of nitrogens with zero attached hydrogens (tertiary/aromatic N) is 1. The molecule has 14 heavy (non-hydrogen) atoms. The summed E-state index contributed by atoms with van der Waals surface area (Å²) in [5.41, 5.74) is 0.887. The third-order valence-electron chi connectivity index (χ3n) is 2.32. The smallest absolute Gasteiger partial charge is 0.106 e. The van der Waals surface area contributed by atoms with Crippen molar-refractivity contribution in [3.05, 3.63) is 28.5 Å². The van der Waals surface area contributed by atoms with Crippen LogP contribution in [-0.2, 0) is 4.74 Å². The Labute approximate surface area is 91.2 Å². The maximum absolute atomic E-state index is 9.49. The second-order valence-electron chi connectivity index (χ2n) is 3.42. The minimum atomic E-state index is -0.255. The molecule has 3 nitrogen and oxygen atoms in total. The molecule has 1 N–H and O–H groups in total. The maximum Gasteiger partial charge on any atom is 0.106 e. The van der Waals surface area contributed by atoms with E-state index in [4.69, 9.17) is 4.74 Å². The summed E-state index contributed by atoms with van der Waals surface area (Å²) >= 11 is 3.31. The molecule has 1 aromatic rings. The van der Waals surface area contributed by atoms with E-state index in [1.165, 1.54) is 0 Å². The summed E-state index contributed by atoms with van der Waals surface area (Å²) in [6.45, 7) is 0.611. The normalized spacial score (nSPS) is 27.6. The Balaban J connectivity index is 2.14. The first kappa shape index (κ1) is 10.1. The molecule has 1 aliphatic rings. The van der Waals surface area contributed by atoms with Gasteiger partial charge in [-0.25, -0.2) is 4.98 Å². The van der Waals surface area contributed by atoms with Crippen LogP contribution in [0.25, 0.3) is 0 Å². The van der Waals surface area contributed by atoms with E-state index < -0.39 is 0 Å². The fourth-order valence-corrected chi connectivity index (χ4v) is 1.95. The van der Waals surface area contributed by atoms with Gasteiger partial charge in [-0.1, -0.05) is 6.07 Å². The molecule has 1 saturated heterocycles. The molecule has 2 rings (SSSR count). The van der Waals surface area contributed by atoms with Crippen molar-refractivity contribution in [2.45, 2.75) is 25.0 Å². The van der Waals surface area contributed by atoms with E-state index >= 15 is 0 Å². The second-order valence-corrected chi connectivity index (χ2v) is 4.24. The van der Waals surface area contributed by atoms with Crippen LogP contribution in [0.4, 0.5) is 0 Å². The molecule has 2 atom stereocenters. The molecule has 76 valence electrons. The highest BCUT2D eigenvalue weighted by molar-refractivity contribution is 9.10. The van der Waals surface area contributed by atoms with Gasteiger partial charge < -0.3 is 9.84 Å². The van der Waals surface area contributed by atoms with E-state index in [1.807, 2.05) is 18.2 Å². The lowest BCUT2D eigenvalue weighted by molar-refractivity contribution is -0.0467. The zero-order valence-corrected chi connectivity index (χ0v) is 9.27. The Morgan fingerprint density at radius 2 is 2.36 bits per heavy atom. The minimum Gasteiger partial charge on any atom is -0.393 e. The molecule has 0 amide bonds. The topological polar surface area (TPSA) is 42.4 Å². The van der Waals surface area contributed by atoms with Crippen molar-refractivity contribution in [2.75, 3.05) is 6.61 Å². The fraction of sp³-hybridized carbons (Fsp3) is 0.500. The van der Waals surface area contributed by atoms with Crippen molar-refractivity contribution in [2.24, 2.45) is 0 Å². The van der Waals surface area contributed by atoms with Crippen molar-refractivity contribution < 1.29 is 9.84 Å². The van der Waals surface area contributed by atoms with Crippen LogP contribution in [0.15, 0.2) is 22.8 Å². The van der Waals surface area contributed by atoms with Gasteiger partial charge in [-0.05, 0) is 34.5 Å². The van der Waals surface area contributed by atoms with Gasteiger partial charge in [0.2, 0.25) is 0 Å². The van der Waals surface area contributed by atoms with Crippen LogP contribution in [0.2, 0.25) is 0 Å². The number of ether oxygens (including phenoxy) is 1. The predicted molar refractivity (Wildman–Crippen MR) is 55.9 cm³/mol. The fourth-order valence-electron chi connectivity index (χ4n) is 1.59. The molecule has 0 saturated carbocycles. The summed E-state index contributed by atoms with van der Waals surface area (Å²) in [6.07, 6.45) is 1.05. The molecule has 0 aromatic carbocycles. The average molecular weight is 258 g/mol. The number of rotatable bonds is 1. The van der Waals surface area contributed by atoms with E-state index in [-0.39, 0.29) is 12.2 Å². The lowest BCUT2D eigenvalue weighted by atomic mass is 10.0. The number of halogens is 1. The van der Waals surface area contributed by atoms with Gasteiger partial charge in [0.25, 0.3) is 0 Å². The number of pyridine rings is 1. The molecule has 0 spiro atoms. The number of aromatic nitrogens is 1. The van der Waals surface area contributed by atoms with Crippen LogP contribution in [0.3, 0.4) is 0 Å². The lowest BCUT2D eigenvalue weighted by Gasteiger charge is -2.25. The monoisotopic (exact) mass is 257 g/mol. The molecule has 2 unspecified atom stereocenters. The van der Waals surface area contributed by atoms with Crippen molar-refractivity contribution in [3.8, 4) is 0 Å². The Morgan fingerprint density at radius 3 is 3.07 bits per heavy atom. The van der Waals surface area contributed by atoms with Crippen molar-refractivity contribution >= 4 is 15.9 Å². The summed E-state index contributed by atoms with van der Waals surface area (Å²) in [6, 6.07) is 5.73. The number of hydrogen-bond donors (Lipinski definition) is 1. The third kappa shape index (κ3) is 2.32. The van der Waals surface area contributed by atoms with Gasteiger partial charge in [-0.2, -0.15) is 0 Å². The first-order valence-electron chi connectivity index (χ1n) is 4.68. The van der Waals surface area contributed by atoms with E-state index in [0.29, 0.717) is 13.0 Å². The summed E-state index contributed by atoms with van der Waals surface area (Å²) < 4.78 is 6.35. The minimum absolute atomic E-state index is 0.0590. The average Bonchev–Trinajstić information content (AvgIpc) is 2.18. The first-order chi connectivity index (χ1) is 6.75. The van der Waals surface area contributed by atoms with E-state index in [2.05, 4.69) is 20.9 Å². The molecule has 0 aliphatic carbocycles. The largest absolute Gasteiger partial charge is 0.393 e. The summed E-state index contributed by atoms with van der Waals surface area (Å²) in [7, 11) is 0. The molecule has 1 fully saturated rings. The molecule has 2 heterocycles. The highest BCUT2D eigenvalue weighted by atomic mass is 79.9. The summed E-state index contributed by atoms with van der Waals surface area (Å²) in [5, 5.41) is 9.49. The van der Waals surface area contributed by atoms with Crippen LogP contribution < -0.4 is 0 Å². The van der Waals surface area contributed by atoms with Gasteiger partial charge in [-0.3, -0.25) is 0 Å². The Bertz CT molecular complexity index is 319. The van der Waals surface area contributed by atoms with Gasteiger partial charge in [0.1, 0.15) is 10.7 Å². The Kier molecular flexibility index (Phi) is 3.15. The maximum atomic E-state index is 9.49. The Hall–Kier alpha value is -0.450. The predicted octanol–water partition coefficient (Wildman–Crippen LogP) is 2.06. The molecule has 1 aliphatic heterocycles. The van der Waals surface area contributed by atoms with Crippen molar-refractivity contribution in [3.63, 3.8) is 0 Å². The summed E-state index contributed by atoms with van der Waals surface area (Å²) in [5.74, 6) is 0. The first-order valence-corrected chi connectivity index (χ1v) is 5.47. The van der Waals surface area contributed by atoms with Crippen molar-refractivity contribution in [1.82, 2.24) is 4.98 Å². The van der Waals surface area contributed by atoms with Crippen molar-refractivity contribution in [1.29, 1.82) is 0 Å². The van der Waals surface area contributed by atoms with Crippen LogP contribution in [-0.4, -0.2) is 22.8 Å². The van der Waals surface area contributed by atoms with Crippen LogP contribution >= 0.6 is 15.9 Å². The number of hydrogen-bond acceptors (Lipinski definition) is 3. The van der Waals surface area contributed by atoms with Gasteiger partial charge in [0.05, 0.1) is 11.8 Å². The van der Waals surface area contributed by atoms with E-state index in [1.54, 1.807) is 0 Å². The van der Waals surface area contributed by atoms with Crippen LogP contribution in [0.5, 0.6) is 0 Å². The van der Waals surface area contributed by atoms with Gasteiger partial charge >= 0.3 is 0 Å². The number of aliphatic hydroxyl groups excluding tert-OH is 1. The quantitative estimate of drug-likeness (QED) is 0.784. The molecule has 1 aromatic heterocycles. The van der Waals surface area contributed by atoms with Gasteiger partial charge in [0, 0.05) is 13.0 Å². The highest BCUT2D eigenvalue weighted by Gasteiger charge is 2.23. The third-order valence-corrected chi connectivity index (χ3v) is 2.76. The molecule has 4 heteroatoms.